The number of aromatic nitrogens is 1. The average Bonchev–Trinajstić information content (AvgIpc) is 2.94. The van der Waals surface area contributed by atoms with Crippen molar-refractivity contribution in [1.29, 1.82) is 0 Å². The molecule has 3 rings (SSSR count). The van der Waals surface area contributed by atoms with Crippen LogP contribution in [-0.4, -0.2) is 29.1 Å². The molecule has 2 N–H and O–H groups in total. The molecule has 1 aromatic carbocycles. The van der Waals surface area contributed by atoms with Gasteiger partial charge in [0.05, 0.1) is 5.69 Å². The Hall–Kier alpha value is -1.75. The summed E-state index contributed by atoms with van der Waals surface area (Å²) in [7, 11) is 0. The maximum Gasteiger partial charge on any atom is 0.420 e. The Labute approximate surface area is 105 Å². The molecule has 0 atom stereocenters. The predicted octanol–water partition coefficient (Wildman–Crippen LogP) is 1.27. The summed E-state index contributed by atoms with van der Waals surface area (Å²) in [5.41, 5.74) is 7.81. The quantitative estimate of drug-likeness (QED) is 0.830. The van der Waals surface area contributed by atoms with Crippen LogP contribution in [0.2, 0.25) is 0 Å². The molecule has 1 aromatic heterocycles. The van der Waals surface area contributed by atoms with Crippen LogP contribution in [0.1, 0.15) is 12.8 Å². The summed E-state index contributed by atoms with van der Waals surface area (Å²) in [6.07, 6.45) is 2.51. The standard InChI is InChI=1S/C13H17N3O2/c14-10-4-3-5-11-12(10)16(13(17)18-11)9-8-15-6-1-2-7-15/h3-5H,1-2,6-9,14H2. The van der Waals surface area contributed by atoms with Gasteiger partial charge < -0.3 is 15.1 Å². The van der Waals surface area contributed by atoms with E-state index < -0.39 is 0 Å². The molecule has 1 fully saturated rings. The normalized spacial score (nSPS) is 16.7. The highest BCUT2D eigenvalue weighted by Gasteiger charge is 2.15. The van der Waals surface area contributed by atoms with Crippen molar-refractivity contribution in [3.63, 3.8) is 0 Å². The summed E-state index contributed by atoms with van der Waals surface area (Å²) in [4.78, 5) is 14.2. The Bertz CT molecular complexity index is 608. The van der Waals surface area contributed by atoms with E-state index in [1.54, 1.807) is 22.8 Å². The molecule has 0 radical (unpaired) electrons. The number of benzene rings is 1. The number of hydrogen-bond donors (Lipinski definition) is 1. The van der Waals surface area contributed by atoms with Crippen molar-refractivity contribution in [1.82, 2.24) is 9.47 Å². The second-order valence-corrected chi connectivity index (χ2v) is 4.76. The van der Waals surface area contributed by atoms with Gasteiger partial charge in [0, 0.05) is 13.1 Å². The number of nitrogens with two attached hydrogens (primary N) is 1. The molecule has 5 nitrogen and oxygen atoms in total. The minimum Gasteiger partial charge on any atom is -0.408 e. The number of rotatable bonds is 3. The van der Waals surface area contributed by atoms with Crippen LogP contribution in [0.25, 0.3) is 11.1 Å². The molecule has 2 aromatic rings. The lowest BCUT2D eigenvalue weighted by Crippen LogP contribution is -2.27. The minimum atomic E-state index is -0.318. The van der Waals surface area contributed by atoms with E-state index in [0.717, 1.165) is 25.2 Å². The van der Waals surface area contributed by atoms with Gasteiger partial charge in [-0.15, -0.1) is 0 Å². The Morgan fingerprint density at radius 2 is 2.00 bits per heavy atom. The van der Waals surface area contributed by atoms with Crippen molar-refractivity contribution < 1.29 is 4.42 Å². The van der Waals surface area contributed by atoms with Crippen molar-refractivity contribution in [2.75, 3.05) is 25.4 Å². The van der Waals surface area contributed by atoms with Crippen molar-refractivity contribution in [2.24, 2.45) is 0 Å². The lowest BCUT2D eigenvalue weighted by molar-refractivity contribution is 0.318. The smallest absolute Gasteiger partial charge is 0.408 e. The van der Waals surface area contributed by atoms with Crippen LogP contribution < -0.4 is 11.5 Å². The van der Waals surface area contributed by atoms with Crippen LogP contribution in [-0.2, 0) is 6.54 Å². The molecule has 1 aliphatic rings. The Morgan fingerprint density at radius 1 is 1.22 bits per heavy atom. The van der Waals surface area contributed by atoms with E-state index >= 15 is 0 Å². The highest BCUT2D eigenvalue weighted by atomic mass is 16.4. The average molecular weight is 247 g/mol. The van der Waals surface area contributed by atoms with Gasteiger partial charge in [-0.1, -0.05) is 6.07 Å². The molecule has 0 amide bonds. The first-order valence-electron chi connectivity index (χ1n) is 6.36. The molecule has 0 saturated carbocycles. The minimum absolute atomic E-state index is 0.318. The largest absolute Gasteiger partial charge is 0.420 e. The van der Waals surface area contributed by atoms with E-state index in [2.05, 4.69) is 4.90 Å². The first-order valence-corrected chi connectivity index (χ1v) is 6.36. The maximum atomic E-state index is 11.8. The van der Waals surface area contributed by atoms with E-state index in [1.807, 2.05) is 0 Å². The molecule has 1 aliphatic heterocycles. The van der Waals surface area contributed by atoms with Crippen LogP contribution in [0.15, 0.2) is 27.4 Å². The maximum absolute atomic E-state index is 11.8. The van der Waals surface area contributed by atoms with Gasteiger partial charge in [0.1, 0.15) is 5.52 Å². The van der Waals surface area contributed by atoms with Crippen LogP contribution >= 0.6 is 0 Å². The Kier molecular flexibility index (Phi) is 2.83. The van der Waals surface area contributed by atoms with E-state index in [-0.39, 0.29) is 5.76 Å². The zero-order valence-electron chi connectivity index (χ0n) is 10.3. The first-order chi connectivity index (χ1) is 8.75. The first kappa shape index (κ1) is 11.3. The molecule has 0 spiro atoms. The number of fused-ring (bicyclic) bond motifs is 1. The summed E-state index contributed by atoms with van der Waals surface area (Å²) in [6, 6.07) is 5.37. The second-order valence-electron chi connectivity index (χ2n) is 4.76. The van der Waals surface area contributed by atoms with Gasteiger partial charge in [0.25, 0.3) is 0 Å². The monoisotopic (exact) mass is 247 g/mol. The van der Waals surface area contributed by atoms with E-state index in [9.17, 15) is 4.79 Å². The van der Waals surface area contributed by atoms with Gasteiger partial charge in [0.2, 0.25) is 0 Å². The van der Waals surface area contributed by atoms with Crippen LogP contribution in [0, 0.1) is 0 Å². The van der Waals surface area contributed by atoms with Gasteiger partial charge in [-0.25, -0.2) is 4.79 Å². The van der Waals surface area contributed by atoms with E-state index in [0.29, 0.717) is 17.8 Å². The van der Waals surface area contributed by atoms with Crippen molar-refractivity contribution in [3.05, 3.63) is 28.7 Å². The van der Waals surface area contributed by atoms with E-state index in [4.69, 9.17) is 10.2 Å². The number of oxazole rings is 1. The summed E-state index contributed by atoms with van der Waals surface area (Å²) in [5, 5.41) is 0. The molecule has 0 bridgehead atoms. The molecular formula is C13H17N3O2. The van der Waals surface area contributed by atoms with Crippen LogP contribution in [0.5, 0.6) is 0 Å². The predicted molar refractivity (Wildman–Crippen MR) is 70.6 cm³/mol. The molecular weight excluding hydrogens is 230 g/mol. The summed E-state index contributed by atoms with van der Waals surface area (Å²) >= 11 is 0. The topological polar surface area (TPSA) is 64.4 Å². The third-order valence-electron chi connectivity index (χ3n) is 3.56. The second kappa shape index (κ2) is 4.49. The number of para-hydroxylation sites is 1. The third kappa shape index (κ3) is 1.90. The van der Waals surface area contributed by atoms with Gasteiger partial charge >= 0.3 is 5.76 Å². The fourth-order valence-corrected chi connectivity index (χ4v) is 2.60. The third-order valence-corrected chi connectivity index (χ3v) is 3.56. The van der Waals surface area contributed by atoms with Gasteiger partial charge in [-0.2, -0.15) is 0 Å². The molecule has 1 saturated heterocycles. The number of anilines is 1. The summed E-state index contributed by atoms with van der Waals surface area (Å²) in [6.45, 7) is 3.77. The fraction of sp³-hybridized carbons (Fsp3) is 0.462. The SMILES string of the molecule is Nc1cccc2oc(=O)n(CCN3CCCC3)c12. The van der Waals surface area contributed by atoms with E-state index in [1.165, 1.54) is 12.8 Å². The molecule has 18 heavy (non-hydrogen) atoms. The van der Waals surface area contributed by atoms with Gasteiger partial charge in [0.15, 0.2) is 5.58 Å². The molecule has 96 valence electrons. The van der Waals surface area contributed by atoms with Crippen molar-refractivity contribution in [3.8, 4) is 0 Å². The highest BCUT2D eigenvalue weighted by Crippen LogP contribution is 2.19. The zero-order chi connectivity index (χ0) is 12.5. The number of hydrogen-bond acceptors (Lipinski definition) is 4. The van der Waals surface area contributed by atoms with Crippen molar-refractivity contribution in [2.45, 2.75) is 19.4 Å². The fourth-order valence-electron chi connectivity index (χ4n) is 2.60. The summed E-state index contributed by atoms with van der Waals surface area (Å²) in [5.74, 6) is -0.318. The molecule has 0 unspecified atom stereocenters. The summed E-state index contributed by atoms with van der Waals surface area (Å²) < 4.78 is 6.85. The Morgan fingerprint density at radius 3 is 2.78 bits per heavy atom. The highest BCUT2D eigenvalue weighted by molar-refractivity contribution is 5.85. The van der Waals surface area contributed by atoms with Gasteiger partial charge in [-0.05, 0) is 38.1 Å². The number of likely N-dealkylation sites (tertiary alicyclic amines) is 1. The molecule has 0 aliphatic carbocycles. The lowest BCUT2D eigenvalue weighted by Gasteiger charge is -2.14. The van der Waals surface area contributed by atoms with Crippen molar-refractivity contribution >= 4 is 16.8 Å². The number of nitrogens with zero attached hydrogens (tertiary/aromatic N) is 2. The Balaban J connectivity index is 1.90. The molecule has 5 heteroatoms. The lowest BCUT2D eigenvalue weighted by atomic mass is 10.3. The zero-order valence-corrected chi connectivity index (χ0v) is 10.3. The molecule has 2 heterocycles. The number of nitrogen functional groups attached to an aromatic ring is 1. The van der Waals surface area contributed by atoms with Crippen LogP contribution in [0.3, 0.4) is 0 Å². The van der Waals surface area contributed by atoms with Gasteiger partial charge in [-0.3, -0.25) is 4.57 Å². The van der Waals surface area contributed by atoms with Crippen LogP contribution in [0.4, 0.5) is 5.69 Å².